The van der Waals surface area contributed by atoms with E-state index in [1.807, 2.05) is 0 Å². The van der Waals surface area contributed by atoms with E-state index in [9.17, 15) is 14.3 Å². The van der Waals surface area contributed by atoms with Gasteiger partial charge in [0.15, 0.2) is 12.5 Å². The summed E-state index contributed by atoms with van der Waals surface area (Å²) in [5.41, 5.74) is 0.369. The summed E-state index contributed by atoms with van der Waals surface area (Å²) in [6.45, 7) is -0.283. The Labute approximate surface area is 108 Å². The lowest BCUT2D eigenvalue weighted by molar-refractivity contribution is -0.105. The Bertz CT molecular complexity index is 414. The van der Waals surface area contributed by atoms with Crippen molar-refractivity contribution >= 4 is 17.6 Å². The van der Waals surface area contributed by atoms with Crippen LogP contribution in [0.2, 0.25) is 0 Å². The summed E-state index contributed by atoms with van der Waals surface area (Å²) >= 11 is 5.55. The fourth-order valence-corrected chi connectivity index (χ4v) is 1.86. The molecule has 4 nitrogen and oxygen atoms in total. The summed E-state index contributed by atoms with van der Waals surface area (Å²) in [7, 11) is 0. The summed E-state index contributed by atoms with van der Waals surface area (Å²) < 4.78 is 23.2. The first-order valence-electron chi connectivity index (χ1n) is 5.43. The van der Waals surface area contributed by atoms with Gasteiger partial charge < -0.3 is 14.6 Å². The van der Waals surface area contributed by atoms with Gasteiger partial charge in [-0.1, -0.05) is 18.2 Å². The first-order chi connectivity index (χ1) is 8.59. The summed E-state index contributed by atoms with van der Waals surface area (Å²) in [6.07, 6.45) is -3.97. The van der Waals surface area contributed by atoms with Crippen molar-refractivity contribution in [3.05, 3.63) is 35.9 Å². The molecule has 0 bridgehead atoms. The monoisotopic (exact) mass is 274 g/mol. The molecule has 0 spiro atoms. The smallest absolute Gasteiger partial charge is 0.338 e. The molecule has 1 aromatic carbocycles. The molecule has 0 amide bonds. The number of hydrogen-bond donors (Lipinski definition) is 1. The third kappa shape index (κ3) is 2.80. The Morgan fingerprint density at radius 3 is 2.67 bits per heavy atom. The number of aliphatic hydroxyl groups excluding tert-OH is 1. The van der Waals surface area contributed by atoms with Crippen molar-refractivity contribution < 1.29 is 23.8 Å². The highest BCUT2D eigenvalue weighted by molar-refractivity contribution is 6.21. The molecule has 1 fully saturated rings. The number of esters is 1. The van der Waals surface area contributed by atoms with Gasteiger partial charge in [-0.05, 0) is 12.1 Å². The van der Waals surface area contributed by atoms with Gasteiger partial charge in [-0.2, -0.15) is 0 Å². The number of carbonyl (C=O) groups excluding carboxylic acids is 1. The molecule has 6 heteroatoms. The van der Waals surface area contributed by atoms with E-state index in [1.165, 1.54) is 0 Å². The number of hydrogen-bond acceptors (Lipinski definition) is 4. The van der Waals surface area contributed by atoms with E-state index < -0.39 is 29.9 Å². The summed E-state index contributed by atoms with van der Waals surface area (Å²) in [5.74, 6) is -0.570. The first-order valence-corrected chi connectivity index (χ1v) is 5.87. The van der Waals surface area contributed by atoms with Crippen LogP contribution in [0.1, 0.15) is 10.4 Å². The SMILES string of the molecule is O=C(OC[C@H]1O[C@@H](O)[C@H](Cl)[C@@H]1F)c1ccccc1. The number of carbonyl (C=O) groups is 1. The highest BCUT2D eigenvalue weighted by atomic mass is 35.5. The van der Waals surface area contributed by atoms with Crippen LogP contribution in [0.5, 0.6) is 0 Å². The Balaban J connectivity index is 1.88. The average Bonchev–Trinajstić information content (AvgIpc) is 2.64. The predicted octanol–water partition coefficient (Wildman–Crippen LogP) is 1.51. The maximum absolute atomic E-state index is 13.5. The fraction of sp³-hybridized carbons (Fsp3) is 0.417. The molecule has 1 saturated heterocycles. The molecule has 1 N–H and O–H groups in total. The molecule has 0 saturated carbocycles. The van der Waals surface area contributed by atoms with E-state index in [-0.39, 0.29) is 6.61 Å². The lowest BCUT2D eigenvalue weighted by Crippen LogP contribution is -2.28. The third-order valence-corrected chi connectivity index (χ3v) is 3.09. The minimum absolute atomic E-state index is 0.283. The van der Waals surface area contributed by atoms with E-state index in [4.69, 9.17) is 21.1 Å². The number of rotatable bonds is 3. The van der Waals surface area contributed by atoms with Crippen LogP contribution in [0.4, 0.5) is 4.39 Å². The van der Waals surface area contributed by atoms with Crippen LogP contribution in [0.15, 0.2) is 30.3 Å². The zero-order chi connectivity index (χ0) is 13.1. The molecule has 98 valence electrons. The molecule has 1 aliphatic heterocycles. The van der Waals surface area contributed by atoms with E-state index >= 15 is 0 Å². The van der Waals surface area contributed by atoms with Gasteiger partial charge in [-0.3, -0.25) is 0 Å². The number of halogens is 2. The lowest BCUT2D eigenvalue weighted by Gasteiger charge is -2.12. The molecule has 18 heavy (non-hydrogen) atoms. The third-order valence-electron chi connectivity index (χ3n) is 2.63. The van der Waals surface area contributed by atoms with Gasteiger partial charge in [-0.15, -0.1) is 11.6 Å². The molecule has 1 aromatic rings. The molecule has 4 atom stereocenters. The largest absolute Gasteiger partial charge is 0.459 e. The minimum Gasteiger partial charge on any atom is -0.459 e. The maximum atomic E-state index is 13.5. The van der Waals surface area contributed by atoms with Crippen molar-refractivity contribution in [1.29, 1.82) is 0 Å². The van der Waals surface area contributed by atoms with Crippen LogP contribution in [0, 0.1) is 0 Å². The zero-order valence-corrected chi connectivity index (χ0v) is 10.1. The quantitative estimate of drug-likeness (QED) is 0.670. The van der Waals surface area contributed by atoms with E-state index in [0.717, 1.165) is 0 Å². The molecular formula is C12H12ClFO4. The summed E-state index contributed by atoms with van der Waals surface area (Å²) in [4.78, 5) is 11.6. The van der Waals surface area contributed by atoms with Gasteiger partial charge in [0, 0.05) is 0 Å². The fourth-order valence-electron chi connectivity index (χ4n) is 1.64. The highest BCUT2D eigenvalue weighted by Gasteiger charge is 2.43. The maximum Gasteiger partial charge on any atom is 0.338 e. The van der Waals surface area contributed by atoms with Crippen molar-refractivity contribution in [2.24, 2.45) is 0 Å². The van der Waals surface area contributed by atoms with Crippen molar-refractivity contribution in [1.82, 2.24) is 0 Å². The van der Waals surface area contributed by atoms with Crippen LogP contribution < -0.4 is 0 Å². The van der Waals surface area contributed by atoms with E-state index in [0.29, 0.717) is 5.56 Å². The number of benzene rings is 1. The standard InChI is InChI=1S/C12H12ClFO4/c13-9-10(14)8(18-12(9)16)6-17-11(15)7-4-2-1-3-5-7/h1-5,8-10,12,16H,6H2/t8-,9-,10-,12-/m1/s1. The van der Waals surface area contributed by atoms with E-state index in [1.54, 1.807) is 30.3 Å². The van der Waals surface area contributed by atoms with Crippen LogP contribution in [-0.4, -0.2) is 41.6 Å². The second kappa shape index (κ2) is 5.65. The molecule has 0 aliphatic carbocycles. The second-order valence-electron chi connectivity index (χ2n) is 3.92. The molecule has 2 rings (SSSR count). The van der Waals surface area contributed by atoms with E-state index in [2.05, 4.69) is 0 Å². The highest BCUT2D eigenvalue weighted by Crippen LogP contribution is 2.27. The predicted molar refractivity (Wildman–Crippen MR) is 62.1 cm³/mol. The van der Waals surface area contributed by atoms with Crippen LogP contribution in [0.25, 0.3) is 0 Å². The zero-order valence-electron chi connectivity index (χ0n) is 9.33. The average molecular weight is 275 g/mol. The van der Waals surface area contributed by atoms with Gasteiger partial charge in [0.1, 0.15) is 18.1 Å². The van der Waals surface area contributed by atoms with Crippen LogP contribution in [0.3, 0.4) is 0 Å². The Morgan fingerprint density at radius 1 is 1.44 bits per heavy atom. The van der Waals surface area contributed by atoms with Crippen molar-refractivity contribution in [3.63, 3.8) is 0 Å². The van der Waals surface area contributed by atoms with Gasteiger partial charge in [-0.25, -0.2) is 9.18 Å². The molecule has 1 aliphatic rings. The summed E-state index contributed by atoms with van der Waals surface area (Å²) in [5, 5.41) is 8.05. The first kappa shape index (κ1) is 13.3. The van der Waals surface area contributed by atoms with Crippen molar-refractivity contribution in [2.45, 2.75) is 23.9 Å². The number of aliphatic hydroxyl groups is 1. The molecular weight excluding hydrogens is 263 g/mol. The molecule has 1 heterocycles. The Hall–Kier alpha value is -1.17. The minimum atomic E-state index is -1.56. The molecule has 0 radical (unpaired) electrons. The molecule has 0 unspecified atom stereocenters. The van der Waals surface area contributed by atoms with Crippen LogP contribution >= 0.6 is 11.6 Å². The second-order valence-corrected chi connectivity index (χ2v) is 4.42. The van der Waals surface area contributed by atoms with Crippen molar-refractivity contribution in [2.75, 3.05) is 6.61 Å². The molecule has 0 aromatic heterocycles. The van der Waals surface area contributed by atoms with Gasteiger partial charge in [0.05, 0.1) is 5.56 Å². The van der Waals surface area contributed by atoms with Crippen molar-refractivity contribution in [3.8, 4) is 0 Å². The summed E-state index contributed by atoms with van der Waals surface area (Å²) in [6, 6.07) is 8.33. The number of alkyl halides is 2. The topological polar surface area (TPSA) is 55.8 Å². The van der Waals surface area contributed by atoms with Gasteiger partial charge >= 0.3 is 5.97 Å². The Morgan fingerprint density at radius 2 is 2.11 bits per heavy atom. The lowest BCUT2D eigenvalue weighted by atomic mass is 10.2. The normalized spacial score (nSPS) is 31.3. The van der Waals surface area contributed by atoms with Gasteiger partial charge in [0.25, 0.3) is 0 Å². The van der Waals surface area contributed by atoms with Gasteiger partial charge in [0.2, 0.25) is 0 Å². The van der Waals surface area contributed by atoms with Crippen LogP contribution in [-0.2, 0) is 9.47 Å². The number of ether oxygens (including phenoxy) is 2. The Kier molecular flexibility index (Phi) is 4.16.